The molecule has 1 saturated carbocycles. The van der Waals surface area contributed by atoms with Crippen LogP contribution in [0.2, 0.25) is 0 Å². The van der Waals surface area contributed by atoms with Crippen LogP contribution < -0.4 is 11.5 Å². The molecule has 1 fully saturated rings. The summed E-state index contributed by atoms with van der Waals surface area (Å²) in [6.45, 7) is 0. The Hall–Kier alpha value is -1.80. The van der Waals surface area contributed by atoms with Gasteiger partial charge in [-0.2, -0.15) is 15.0 Å². The number of aromatic nitrogens is 3. The van der Waals surface area contributed by atoms with E-state index < -0.39 is 48.1 Å². The van der Waals surface area contributed by atoms with E-state index in [1.165, 1.54) is 17.2 Å². The second-order valence-corrected chi connectivity index (χ2v) is 5.86. The fourth-order valence-electron chi connectivity index (χ4n) is 3.62. The van der Waals surface area contributed by atoms with Crippen LogP contribution in [-0.2, 0) is 10.3 Å². The van der Waals surface area contributed by atoms with Gasteiger partial charge in [0.05, 0.1) is 18.3 Å². The van der Waals surface area contributed by atoms with Crippen molar-refractivity contribution >= 4 is 18.3 Å². The van der Waals surface area contributed by atoms with Crippen molar-refractivity contribution in [3.63, 3.8) is 0 Å². The molecule has 126 valence electrons. The zero-order valence-electron chi connectivity index (χ0n) is 12.2. The van der Waals surface area contributed by atoms with Crippen LogP contribution in [-0.4, -0.2) is 32.9 Å². The van der Waals surface area contributed by atoms with Gasteiger partial charge >= 0.3 is 0 Å². The molecule has 3 rings (SSSR count). The third kappa shape index (κ3) is 2.76. The number of alkyl halides is 2. The maximum Gasteiger partial charge on any atom is 0.250 e. The third-order valence-electron chi connectivity index (χ3n) is 4.51. The summed E-state index contributed by atoms with van der Waals surface area (Å²) in [6, 6.07) is -0.779. The van der Waals surface area contributed by atoms with Gasteiger partial charge in [-0.05, 0) is 0 Å². The van der Waals surface area contributed by atoms with E-state index in [1.807, 2.05) is 0 Å². The van der Waals surface area contributed by atoms with Crippen molar-refractivity contribution in [2.45, 2.75) is 30.3 Å². The number of hydrogen-bond acceptors (Lipinski definition) is 4. The number of carbonyl (C=O) groups excluding carboxylic acids is 1. The molecule has 4 unspecified atom stereocenters. The standard InChI is InChI=1S/C14H17F2N5O.ClH/c15-13(16)7-10(11(17)8-13)14(21-19-5-6-20-21)4-2-1-3-9(14)12(18)22;/h1-6,9-11H,7-8,17H2,(H2,18,22);1H. The average molecular weight is 346 g/mol. The number of amides is 1. The highest BCUT2D eigenvalue weighted by atomic mass is 35.5. The van der Waals surface area contributed by atoms with E-state index >= 15 is 0 Å². The SMILES string of the molecule is Cl.NC(=O)C1C=CC=CC1(C1CC(F)(F)CC1N)n1nccn1. The summed E-state index contributed by atoms with van der Waals surface area (Å²) in [5.41, 5.74) is 10.3. The molecule has 1 heterocycles. The highest BCUT2D eigenvalue weighted by Crippen LogP contribution is 2.50. The number of nitrogens with zero attached hydrogens (tertiary/aromatic N) is 3. The zero-order valence-corrected chi connectivity index (χ0v) is 13.0. The van der Waals surface area contributed by atoms with Gasteiger partial charge in [-0.15, -0.1) is 12.4 Å². The molecule has 1 aromatic rings. The molecule has 0 aliphatic heterocycles. The van der Waals surface area contributed by atoms with Crippen molar-refractivity contribution in [2.75, 3.05) is 0 Å². The zero-order chi connectivity index (χ0) is 16.0. The third-order valence-corrected chi connectivity index (χ3v) is 4.51. The Bertz CT molecular complexity index is 633. The maximum absolute atomic E-state index is 13.9. The topological polar surface area (TPSA) is 99.8 Å². The highest BCUT2D eigenvalue weighted by Gasteiger charge is 2.58. The molecule has 0 aromatic carbocycles. The van der Waals surface area contributed by atoms with Gasteiger partial charge in [0.15, 0.2) is 0 Å². The van der Waals surface area contributed by atoms with Crippen molar-refractivity contribution in [3.8, 4) is 0 Å². The molecule has 2 aliphatic rings. The number of rotatable bonds is 3. The minimum Gasteiger partial charge on any atom is -0.369 e. The van der Waals surface area contributed by atoms with E-state index in [-0.39, 0.29) is 12.4 Å². The van der Waals surface area contributed by atoms with Gasteiger partial charge in [-0.1, -0.05) is 24.3 Å². The van der Waals surface area contributed by atoms with E-state index in [9.17, 15) is 13.6 Å². The Balaban J connectivity index is 0.00000192. The van der Waals surface area contributed by atoms with Crippen LogP contribution in [0.1, 0.15) is 12.8 Å². The van der Waals surface area contributed by atoms with Crippen molar-refractivity contribution in [2.24, 2.45) is 23.3 Å². The Morgan fingerprint density at radius 2 is 1.87 bits per heavy atom. The summed E-state index contributed by atoms with van der Waals surface area (Å²) in [5, 5.41) is 8.17. The molecule has 1 aromatic heterocycles. The molecule has 4 N–H and O–H groups in total. The van der Waals surface area contributed by atoms with Gasteiger partial charge in [0.25, 0.3) is 0 Å². The fourth-order valence-corrected chi connectivity index (χ4v) is 3.62. The molecule has 1 amide bonds. The van der Waals surface area contributed by atoms with Gasteiger partial charge in [-0.3, -0.25) is 4.79 Å². The molecule has 4 atom stereocenters. The van der Waals surface area contributed by atoms with E-state index in [4.69, 9.17) is 11.5 Å². The van der Waals surface area contributed by atoms with Crippen LogP contribution in [0.25, 0.3) is 0 Å². The Kier molecular flexibility index (Phi) is 4.59. The summed E-state index contributed by atoms with van der Waals surface area (Å²) >= 11 is 0. The minimum absolute atomic E-state index is 0. The van der Waals surface area contributed by atoms with Gasteiger partial charge in [-0.25, -0.2) is 8.78 Å². The molecule has 0 radical (unpaired) electrons. The first-order chi connectivity index (χ1) is 10.4. The van der Waals surface area contributed by atoms with Crippen molar-refractivity contribution < 1.29 is 13.6 Å². The molecule has 9 heteroatoms. The van der Waals surface area contributed by atoms with Crippen molar-refractivity contribution in [1.29, 1.82) is 0 Å². The molecule has 6 nitrogen and oxygen atoms in total. The Labute approximate surface area is 138 Å². The maximum atomic E-state index is 13.9. The lowest BCUT2D eigenvalue weighted by Crippen LogP contribution is -2.55. The number of allylic oxidation sites excluding steroid dienone is 3. The van der Waals surface area contributed by atoms with Crippen molar-refractivity contribution in [3.05, 3.63) is 36.7 Å². The summed E-state index contributed by atoms with van der Waals surface area (Å²) < 4.78 is 27.7. The second kappa shape index (κ2) is 6.01. The Morgan fingerprint density at radius 1 is 1.22 bits per heavy atom. The van der Waals surface area contributed by atoms with Crippen molar-refractivity contribution in [1.82, 2.24) is 15.0 Å². The predicted molar refractivity (Wildman–Crippen MR) is 81.9 cm³/mol. The molecule has 0 saturated heterocycles. The summed E-state index contributed by atoms with van der Waals surface area (Å²) in [5.74, 6) is -5.04. The van der Waals surface area contributed by atoms with Gasteiger partial charge < -0.3 is 11.5 Å². The van der Waals surface area contributed by atoms with Gasteiger partial charge in [0, 0.05) is 24.8 Å². The minimum atomic E-state index is -2.87. The first-order valence-corrected chi connectivity index (χ1v) is 7.02. The van der Waals surface area contributed by atoms with Crippen LogP contribution in [0, 0.1) is 11.8 Å². The molecule has 0 spiro atoms. The summed E-state index contributed by atoms with van der Waals surface area (Å²) in [4.78, 5) is 13.2. The van der Waals surface area contributed by atoms with Gasteiger partial charge in [0.1, 0.15) is 5.54 Å². The fraction of sp³-hybridized carbons (Fsp3) is 0.500. The van der Waals surface area contributed by atoms with Gasteiger partial charge in [0.2, 0.25) is 11.8 Å². The Morgan fingerprint density at radius 3 is 2.39 bits per heavy atom. The smallest absolute Gasteiger partial charge is 0.250 e. The lowest BCUT2D eigenvalue weighted by atomic mass is 9.69. The molecule has 23 heavy (non-hydrogen) atoms. The lowest BCUT2D eigenvalue weighted by molar-refractivity contribution is -0.124. The number of halogens is 3. The van der Waals surface area contributed by atoms with E-state index in [2.05, 4.69) is 10.2 Å². The van der Waals surface area contributed by atoms with Crippen LogP contribution in [0.5, 0.6) is 0 Å². The number of carbonyl (C=O) groups is 1. The molecular weight excluding hydrogens is 328 g/mol. The lowest BCUT2D eigenvalue weighted by Gasteiger charge is -2.42. The second-order valence-electron chi connectivity index (χ2n) is 5.86. The van der Waals surface area contributed by atoms with Crippen LogP contribution in [0.15, 0.2) is 36.7 Å². The average Bonchev–Trinajstić information content (AvgIpc) is 3.06. The molecule has 0 bridgehead atoms. The predicted octanol–water partition coefficient (Wildman–Crippen LogP) is 0.995. The monoisotopic (exact) mass is 345 g/mol. The van der Waals surface area contributed by atoms with E-state index in [0.717, 1.165) is 0 Å². The first kappa shape index (κ1) is 17.6. The van der Waals surface area contributed by atoms with Crippen LogP contribution >= 0.6 is 12.4 Å². The molecular formula is C14H18ClF2N5O. The first-order valence-electron chi connectivity index (χ1n) is 7.02. The normalized spacial score (nSPS) is 35.0. The van der Waals surface area contributed by atoms with Crippen LogP contribution in [0.4, 0.5) is 8.78 Å². The summed E-state index contributed by atoms with van der Waals surface area (Å²) in [6.07, 6.45) is 8.61. The number of nitrogens with two attached hydrogens (primary N) is 2. The van der Waals surface area contributed by atoms with E-state index in [0.29, 0.717) is 0 Å². The quantitative estimate of drug-likeness (QED) is 0.853. The van der Waals surface area contributed by atoms with Crippen LogP contribution in [0.3, 0.4) is 0 Å². The highest BCUT2D eigenvalue weighted by molar-refractivity contribution is 5.85. The number of hydrogen-bond donors (Lipinski definition) is 2. The summed E-state index contributed by atoms with van der Waals surface area (Å²) in [7, 11) is 0. The largest absolute Gasteiger partial charge is 0.369 e. The molecule has 2 aliphatic carbocycles. The van der Waals surface area contributed by atoms with E-state index in [1.54, 1.807) is 24.3 Å². The number of primary amides is 1.